The van der Waals surface area contributed by atoms with E-state index in [1.54, 1.807) is 7.11 Å². The Morgan fingerprint density at radius 1 is 1.03 bits per heavy atom. The molecule has 3 aromatic rings. The molecular formula is C26H32N3O2+. The largest absolute Gasteiger partial charge is 0.497 e. The number of hydrogen-bond donors (Lipinski definition) is 2. The minimum atomic E-state index is 0.0881. The molecule has 1 heterocycles. The number of carbonyl (C=O) groups is 1. The second kappa shape index (κ2) is 11.9. The molecule has 2 aromatic carbocycles. The van der Waals surface area contributed by atoms with Gasteiger partial charge in [-0.2, -0.15) is 4.57 Å². The van der Waals surface area contributed by atoms with Crippen molar-refractivity contribution in [3.8, 4) is 5.75 Å². The number of unbranched alkanes of at least 4 members (excludes halogenated alkanes) is 2. The minimum Gasteiger partial charge on any atom is -0.497 e. The zero-order chi connectivity index (χ0) is 21.9. The lowest BCUT2D eigenvalue weighted by molar-refractivity contribution is -0.673. The molecule has 3 rings (SSSR count). The summed E-state index contributed by atoms with van der Waals surface area (Å²) in [6.07, 6.45) is 7.74. The smallest absolute Gasteiger partial charge is 0.220 e. The van der Waals surface area contributed by atoms with Crippen molar-refractivity contribution in [2.75, 3.05) is 20.2 Å². The molecular weight excluding hydrogens is 386 g/mol. The predicted molar refractivity (Wildman–Crippen MR) is 127 cm³/mol. The molecule has 0 atom stereocenters. The number of fused-ring (bicyclic) bond motifs is 1. The second-order valence-corrected chi connectivity index (χ2v) is 7.53. The fourth-order valence-electron chi connectivity index (χ4n) is 3.63. The molecule has 0 saturated heterocycles. The molecule has 0 aliphatic carbocycles. The van der Waals surface area contributed by atoms with Crippen LogP contribution in [0.5, 0.6) is 5.75 Å². The van der Waals surface area contributed by atoms with Gasteiger partial charge in [0.05, 0.1) is 7.11 Å². The number of ether oxygens (including phenoxy) is 1. The first kappa shape index (κ1) is 22.5. The van der Waals surface area contributed by atoms with E-state index in [0.717, 1.165) is 42.8 Å². The standard InChI is InChI=1S/C26H31N3O2/c1-31-24-10-7-8-21(20-24)13-15-23-16-14-22-9-4-5-11-25(22)29(23)19-6-2-3-12-26(30)28-18-17-27/h4-5,7-11,13-16,20H,2-3,6,12,17-19,27H2,1H3/p+1/b15-13+. The lowest BCUT2D eigenvalue weighted by atomic mass is 10.1. The van der Waals surface area contributed by atoms with Crippen molar-refractivity contribution in [2.45, 2.75) is 32.2 Å². The van der Waals surface area contributed by atoms with Crippen molar-refractivity contribution >= 4 is 29.0 Å². The number of aromatic nitrogens is 1. The van der Waals surface area contributed by atoms with Crippen molar-refractivity contribution in [1.29, 1.82) is 0 Å². The quantitative estimate of drug-likeness (QED) is 0.366. The summed E-state index contributed by atoms with van der Waals surface area (Å²) in [6.45, 7) is 1.94. The van der Waals surface area contributed by atoms with E-state index >= 15 is 0 Å². The van der Waals surface area contributed by atoms with E-state index in [-0.39, 0.29) is 5.91 Å². The molecule has 31 heavy (non-hydrogen) atoms. The monoisotopic (exact) mass is 418 g/mol. The van der Waals surface area contributed by atoms with E-state index < -0.39 is 0 Å². The topological polar surface area (TPSA) is 68.2 Å². The molecule has 0 unspecified atom stereocenters. The summed E-state index contributed by atoms with van der Waals surface area (Å²) in [5.74, 6) is 0.939. The number of nitrogens with two attached hydrogens (primary N) is 1. The van der Waals surface area contributed by atoms with Crippen LogP contribution in [0.3, 0.4) is 0 Å². The number of amides is 1. The van der Waals surface area contributed by atoms with Gasteiger partial charge in [-0.1, -0.05) is 24.3 Å². The van der Waals surface area contributed by atoms with Crippen LogP contribution in [0.15, 0.2) is 60.7 Å². The Labute approximate surface area is 184 Å². The fraction of sp³-hybridized carbons (Fsp3) is 0.308. The van der Waals surface area contributed by atoms with Gasteiger partial charge in [-0.05, 0) is 48.7 Å². The summed E-state index contributed by atoms with van der Waals surface area (Å²) in [4.78, 5) is 11.7. The van der Waals surface area contributed by atoms with Crippen molar-refractivity contribution in [3.63, 3.8) is 0 Å². The van der Waals surface area contributed by atoms with E-state index in [1.165, 1.54) is 10.9 Å². The summed E-state index contributed by atoms with van der Waals surface area (Å²) in [5.41, 5.74) is 8.90. The van der Waals surface area contributed by atoms with Crippen LogP contribution < -0.4 is 20.4 Å². The molecule has 5 nitrogen and oxygen atoms in total. The first-order valence-electron chi connectivity index (χ1n) is 10.9. The van der Waals surface area contributed by atoms with Crippen LogP contribution >= 0.6 is 0 Å². The molecule has 0 spiro atoms. The number of nitrogens with one attached hydrogen (secondary N) is 1. The summed E-state index contributed by atoms with van der Waals surface area (Å²) in [7, 11) is 1.68. The van der Waals surface area contributed by atoms with Gasteiger partial charge >= 0.3 is 0 Å². The molecule has 3 N–H and O–H groups in total. The van der Waals surface area contributed by atoms with Crippen LogP contribution in [0.2, 0.25) is 0 Å². The van der Waals surface area contributed by atoms with E-state index in [2.05, 4.69) is 64.5 Å². The number of para-hydroxylation sites is 1. The van der Waals surface area contributed by atoms with Gasteiger partial charge in [0.15, 0.2) is 0 Å². The van der Waals surface area contributed by atoms with Gasteiger partial charge in [0, 0.05) is 49.5 Å². The highest BCUT2D eigenvalue weighted by Crippen LogP contribution is 2.16. The molecule has 0 aliphatic heterocycles. The van der Waals surface area contributed by atoms with E-state index in [0.29, 0.717) is 19.5 Å². The van der Waals surface area contributed by atoms with Crippen LogP contribution in [-0.2, 0) is 11.3 Å². The Bertz CT molecular complexity index is 1030. The van der Waals surface area contributed by atoms with Gasteiger partial charge in [0.1, 0.15) is 12.3 Å². The van der Waals surface area contributed by atoms with Gasteiger partial charge in [0.25, 0.3) is 0 Å². The Balaban J connectivity index is 1.71. The molecule has 162 valence electrons. The number of methoxy groups -OCH3 is 1. The maximum atomic E-state index is 11.7. The zero-order valence-electron chi connectivity index (χ0n) is 18.2. The van der Waals surface area contributed by atoms with E-state index in [1.807, 2.05) is 18.2 Å². The van der Waals surface area contributed by atoms with Crippen LogP contribution in [-0.4, -0.2) is 26.1 Å². The van der Waals surface area contributed by atoms with Crippen molar-refractivity contribution in [2.24, 2.45) is 5.73 Å². The Morgan fingerprint density at radius 2 is 1.90 bits per heavy atom. The number of rotatable bonds is 11. The van der Waals surface area contributed by atoms with Crippen LogP contribution in [0.1, 0.15) is 36.9 Å². The summed E-state index contributed by atoms with van der Waals surface area (Å²) >= 11 is 0. The molecule has 5 heteroatoms. The van der Waals surface area contributed by atoms with E-state index in [4.69, 9.17) is 10.5 Å². The summed E-state index contributed by atoms with van der Waals surface area (Å²) in [5, 5.41) is 4.05. The van der Waals surface area contributed by atoms with Crippen LogP contribution in [0.4, 0.5) is 0 Å². The maximum Gasteiger partial charge on any atom is 0.220 e. The fourth-order valence-corrected chi connectivity index (χ4v) is 3.63. The molecule has 0 bridgehead atoms. The van der Waals surface area contributed by atoms with Crippen molar-refractivity contribution in [3.05, 3.63) is 71.9 Å². The van der Waals surface area contributed by atoms with Crippen molar-refractivity contribution in [1.82, 2.24) is 5.32 Å². The number of aryl methyl sites for hydroxylation is 1. The van der Waals surface area contributed by atoms with Crippen molar-refractivity contribution < 1.29 is 14.1 Å². The SMILES string of the molecule is COc1cccc(/C=C/c2ccc3ccccc3[n+]2CCCCCC(=O)NCCN)c1. The maximum absolute atomic E-state index is 11.7. The van der Waals surface area contributed by atoms with Gasteiger partial charge in [0.2, 0.25) is 17.1 Å². The van der Waals surface area contributed by atoms with Gasteiger partial charge in [-0.25, -0.2) is 0 Å². The molecule has 0 radical (unpaired) electrons. The van der Waals surface area contributed by atoms with Gasteiger partial charge in [-0.3, -0.25) is 4.79 Å². The third kappa shape index (κ3) is 6.66. The summed E-state index contributed by atoms with van der Waals surface area (Å²) < 4.78 is 7.69. The molecule has 0 aliphatic rings. The highest BCUT2D eigenvalue weighted by molar-refractivity contribution is 5.77. The Hall–Kier alpha value is -3.18. The number of carbonyl (C=O) groups excluding carboxylic acids is 1. The first-order chi connectivity index (χ1) is 15.2. The second-order valence-electron chi connectivity index (χ2n) is 7.53. The number of benzene rings is 2. The number of nitrogens with zero attached hydrogens (tertiary/aromatic N) is 1. The first-order valence-corrected chi connectivity index (χ1v) is 10.9. The Kier molecular flexibility index (Phi) is 8.61. The van der Waals surface area contributed by atoms with Gasteiger partial charge < -0.3 is 15.8 Å². The average Bonchev–Trinajstić information content (AvgIpc) is 2.81. The Morgan fingerprint density at radius 3 is 2.74 bits per heavy atom. The molecule has 1 aromatic heterocycles. The van der Waals surface area contributed by atoms with Crippen LogP contribution in [0.25, 0.3) is 23.1 Å². The lowest BCUT2D eigenvalue weighted by Gasteiger charge is -2.06. The normalized spacial score (nSPS) is 11.2. The molecule has 0 fully saturated rings. The van der Waals surface area contributed by atoms with Crippen LogP contribution in [0, 0.1) is 0 Å². The highest BCUT2D eigenvalue weighted by Gasteiger charge is 2.13. The average molecular weight is 419 g/mol. The lowest BCUT2D eigenvalue weighted by Crippen LogP contribution is -2.38. The van der Waals surface area contributed by atoms with E-state index in [9.17, 15) is 4.79 Å². The third-order valence-electron chi connectivity index (χ3n) is 5.27. The predicted octanol–water partition coefficient (Wildman–Crippen LogP) is 3.94. The zero-order valence-corrected chi connectivity index (χ0v) is 18.2. The minimum absolute atomic E-state index is 0.0881. The van der Waals surface area contributed by atoms with Gasteiger partial charge in [-0.15, -0.1) is 0 Å². The highest BCUT2D eigenvalue weighted by atomic mass is 16.5. The molecule has 0 saturated carbocycles. The summed E-state index contributed by atoms with van der Waals surface area (Å²) in [6, 6.07) is 20.8. The molecule has 1 amide bonds. The third-order valence-corrected chi connectivity index (χ3v) is 5.27. The number of pyridine rings is 1. The number of hydrogen-bond acceptors (Lipinski definition) is 3.